The Hall–Kier alpha value is -1.50. The molecule has 0 bridgehead atoms. The van der Waals surface area contributed by atoms with Crippen molar-refractivity contribution in [3.63, 3.8) is 0 Å². The van der Waals surface area contributed by atoms with Gasteiger partial charge in [-0.15, -0.1) is 22.7 Å². The molecule has 21 heavy (non-hydrogen) atoms. The van der Waals surface area contributed by atoms with Crippen LogP contribution in [0.3, 0.4) is 0 Å². The Morgan fingerprint density at radius 3 is 2.90 bits per heavy atom. The molecule has 1 amide bonds. The lowest BCUT2D eigenvalue weighted by Gasteiger charge is -2.00. The molecule has 106 valence electrons. The van der Waals surface area contributed by atoms with Crippen LogP contribution in [0.15, 0.2) is 51.6 Å². The predicted molar refractivity (Wildman–Crippen MR) is 91.9 cm³/mol. The van der Waals surface area contributed by atoms with Crippen LogP contribution in [0.1, 0.15) is 4.88 Å². The van der Waals surface area contributed by atoms with E-state index in [1.807, 2.05) is 47.2 Å². The van der Waals surface area contributed by atoms with Crippen molar-refractivity contribution in [2.24, 2.45) is 0 Å². The maximum absolute atomic E-state index is 11.9. The lowest BCUT2D eigenvalue weighted by molar-refractivity contribution is -0.115. The van der Waals surface area contributed by atoms with E-state index in [9.17, 15) is 4.79 Å². The van der Waals surface area contributed by atoms with Crippen molar-refractivity contribution in [3.8, 4) is 11.3 Å². The van der Waals surface area contributed by atoms with Crippen LogP contribution in [0.2, 0.25) is 0 Å². The summed E-state index contributed by atoms with van der Waals surface area (Å²) in [5.41, 5.74) is 1.90. The van der Waals surface area contributed by atoms with Crippen LogP contribution < -0.4 is 5.32 Å². The quantitative estimate of drug-likeness (QED) is 0.707. The van der Waals surface area contributed by atoms with E-state index < -0.39 is 0 Å². The summed E-state index contributed by atoms with van der Waals surface area (Å²) in [5, 5.41) is 7.40. The topological polar surface area (TPSA) is 42.0 Å². The summed E-state index contributed by atoms with van der Waals surface area (Å²) in [6.07, 6.45) is 0.392. The van der Waals surface area contributed by atoms with Gasteiger partial charge in [-0.2, -0.15) is 0 Å². The van der Waals surface area contributed by atoms with Crippen molar-refractivity contribution < 1.29 is 4.79 Å². The standard InChI is InChI=1S/C15H11BrN2OS2/c16-11-4-1-3-10(7-11)13-9-21-15(17-13)18-14(19)8-12-5-2-6-20-12/h1-7,9H,8H2,(H,17,18,19). The summed E-state index contributed by atoms with van der Waals surface area (Å²) < 4.78 is 1.01. The van der Waals surface area contributed by atoms with Crippen LogP contribution in [0, 0.1) is 0 Å². The zero-order valence-electron chi connectivity index (χ0n) is 10.9. The van der Waals surface area contributed by atoms with Crippen molar-refractivity contribution >= 4 is 49.6 Å². The molecule has 0 saturated heterocycles. The number of nitrogens with one attached hydrogen (secondary N) is 1. The number of thiophene rings is 1. The summed E-state index contributed by atoms with van der Waals surface area (Å²) in [4.78, 5) is 17.4. The van der Waals surface area contributed by atoms with Crippen LogP contribution in [-0.4, -0.2) is 10.9 Å². The maximum Gasteiger partial charge on any atom is 0.231 e. The van der Waals surface area contributed by atoms with Crippen LogP contribution in [-0.2, 0) is 11.2 Å². The molecule has 0 fully saturated rings. The van der Waals surface area contributed by atoms with E-state index in [2.05, 4.69) is 26.2 Å². The number of halogens is 1. The molecule has 0 saturated carbocycles. The maximum atomic E-state index is 11.9. The molecule has 1 N–H and O–H groups in total. The molecular weight excluding hydrogens is 368 g/mol. The zero-order chi connectivity index (χ0) is 14.7. The molecule has 3 aromatic rings. The van der Waals surface area contributed by atoms with E-state index in [0.717, 1.165) is 20.6 Å². The van der Waals surface area contributed by atoms with Crippen molar-refractivity contribution in [1.82, 2.24) is 4.98 Å². The fourth-order valence-corrected chi connectivity index (χ4v) is 3.69. The number of thiazole rings is 1. The Labute approximate surface area is 138 Å². The zero-order valence-corrected chi connectivity index (χ0v) is 14.1. The van der Waals surface area contributed by atoms with E-state index in [1.54, 1.807) is 11.3 Å². The first-order chi connectivity index (χ1) is 10.2. The van der Waals surface area contributed by atoms with Crippen molar-refractivity contribution in [2.45, 2.75) is 6.42 Å². The number of nitrogens with zero attached hydrogens (tertiary/aromatic N) is 1. The number of anilines is 1. The monoisotopic (exact) mass is 378 g/mol. The normalized spacial score (nSPS) is 10.5. The second kappa shape index (κ2) is 6.51. The Morgan fingerprint density at radius 2 is 2.14 bits per heavy atom. The Morgan fingerprint density at radius 1 is 1.24 bits per heavy atom. The van der Waals surface area contributed by atoms with Gasteiger partial charge in [-0.1, -0.05) is 34.1 Å². The number of aromatic nitrogens is 1. The fourth-order valence-electron chi connectivity index (χ4n) is 1.85. The largest absolute Gasteiger partial charge is 0.302 e. The Bertz CT molecular complexity index is 753. The van der Waals surface area contributed by atoms with Gasteiger partial charge in [-0.05, 0) is 23.6 Å². The fraction of sp³-hybridized carbons (Fsp3) is 0.0667. The van der Waals surface area contributed by atoms with Crippen LogP contribution in [0.25, 0.3) is 11.3 Å². The van der Waals surface area contributed by atoms with E-state index in [0.29, 0.717) is 11.6 Å². The number of amides is 1. The number of benzene rings is 1. The van der Waals surface area contributed by atoms with Gasteiger partial charge < -0.3 is 5.32 Å². The Kier molecular flexibility index (Phi) is 4.48. The molecular formula is C15H11BrN2OS2. The smallest absolute Gasteiger partial charge is 0.231 e. The molecule has 0 aliphatic carbocycles. The van der Waals surface area contributed by atoms with Crippen molar-refractivity contribution in [2.75, 3.05) is 5.32 Å². The highest BCUT2D eigenvalue weighted by atomic mass is 79.9. The molecule has 3 rings (SSSR count). The van der Waals surface area contributed by atoms with Crippen LogP contribution in [0.4, 0.5) is 5.13 Å². The molecule has 0 aliphatic heterocycles. The molecule has 0 radical (unpaired) electrons. The summed E-state index contributed by atoms with van der Waals surface area (Å²) >= 11 is 6.47. The van der Waals surface area contributed by atoms with Crippen LogP contribution in [0.5, 0.6) is 0 Å². The third kappa shape index (κ3) is 3.78. The van der Waals surface area contributed by atoms with Gasteiger partial charge in [0, 0.05) is 20.3 Å². The van der Waals surface area contributed by atoms with Crippen molar-refractivity contribution in [1.29, 1.82) is 0 Å². The van der Waals surface area contributed by atoms with Crippen LogP contribution >= 0.6 is 38.6 Å². The van der Waals surface area contributed by atoms with Gasteiger partial charge in [0.2, 0.25) is 5.91 Å². The second-order valence-corrected chi connectivity index (χ2v) is 7.16. The first kappa shape index (κ1) is 14.4. The first-order valence-electron chi connectivity index (χ1n) is 6.24. The minimum absolute atomic E-state index is 0.0346. The summed E-state index contributed by atoms with van der Waals surface area (Å²) in [6, 6.07) is 11.8. The minimum atomic E-state index is -0.0346. The van der Waals surface area contributed by atoms with Gasteiger partial charge in [0.15, 0.2) is 5.13 Å². The van der Waals surface area contributed by atoms with E-state index in [4.69, 9.17) is 0 Å². The lowest BCUT2D eigenvalue weighted by atomic mass is 10.2. The number of rotatable bonds is 4. The SMILES string of the molecule is O=C(Cc1cccs1)Nc1nc(-c2cccc(Br)c2)cs1. The highest BCUT2D eigenvalue weighted by Gasteiger charge is 2.09. The lowest BCUT2D eigenvalue weighted by Crippen LogP contribution is -2.13. The number of carbonyl (C=O) groups excluding carboxylic acids is 1. The Balaban J connectivity index is 1.69. The summed E-state index contributed by atoms with van der Waals surface area (Å²) in [7, 11) is 0. The highest BCUT2D eigenvalue weighted by molar-refractivity contribution is 9.10. The van der Waals surface area contributed by atoms with Gasteiger partial charge >= 0.3 is 0 Å². The number of carbonyl (C=O) groups is 1. The van der Waals surface area contributed by atoms with Gasteiger partial charge in [0.25, 0.3) is 0 Å². The van der Waals surface area contributed by atoms with Gasteiger partial charge in [0.1, 0.15) is 0 Å². The molecule has 6 heteroatoms. The first-order valence-corrected chi connectivity index (χ1v) is 8.79. The molecule has 2 heterocycles. The second-order valence-electron chi connectivity index (χ2n) is 4.35. The van der Waals surface area contributed by atoms with E-state index in [-0.39, 0.29) is 5.91 Å². The summed E-state index contributed by atoms with van der Waals surface area (Å²) in [5.74, 6) is -0.0346. The third-order valence-electron chi connectivity index (χ3n) is 2.79. The van der Waals surface area contributed by atoms with Gasteiger partial charge in [-0.3, -0.25) is 4.79 Å². The number of hydrogen-bond donors (Lipinski definition) is 1. The molecule has 0 aliphatic rings. The average molecular weight is 379 g/mol. The molecule has 0 unspecified atom stereocenters. The molecule has 0 spiro atoms. The summed E-state index contributed by atoms with van der Waals surface area (Å²) in [6.45, 7) is 0. The minimum Gasteiger partial charge on any atom is -0.302 e. The predicted octanol–water partition coefficient (Wildman–Crippen LogP) is 4.82. The number of hydrogen-bond acceptors (Lipinski definition) is 4. The highest BCUT2D eigenvalue weighted by Crippen LogP contribution is 2.27. The van der Waals surface area contributed by atoms with E-state index >= 15 is 0 Å². The van der Waals surface area contributed by atoms with E-state index in [1.165, 1.54) is 11.3 Å². The van der Waals surface area contributed by atoms with Gasteiger partial charge in [-0.25, -0.2) is 4.98 Å². The molecule has 3 nitrogen and oxygen atoms in total. The third-order valence-corrected chi connectivity index (χ3v) is 4.91. The van der Waals surface area contributed by atoms with Gasteiger partial charge in [0.05, 0.1) is 12.1 Å². The average Bonchev–Trinajstić information content (AvgIpc) is 3.10. The molecule has 1 aromatic carbocycles. The van der Waals surface area contributed by atoms with Crippen molar-refractivity contribution in [3.05, 3.63) is 56.5 Å². The molecule has 0 atom stereocenters. The molecule has 2 aromatic heterocycles.